The number of H-pyrrole nitrogens is 1. The smallest absolute Gasteiger partial charge is 0.205 e. The minimum Gasteiger partial charge on any atom is -0.260 e. The van der Waals surface area contributed by atoms with Crippen molar-refractivity contribution >= 4 is 0 Å². The van der Waals surface area contributed by atoms with Crippen molar-refractivity contribution in [3.8, 4) is 22.5 Å². The fourth-order valence-electron chi connectivity index (χ4n) is 5.12. The van der Waals surface area contributed by atoms with Crippen molar-refractivity contribution < 1.29 is 0 Å². The summed E-state index contributed by atoms with van der Waals surface area (Å²) in [6.07, 6.45) is 13.7. The maximum Gasteiger partial charge on any atom is 0.205 e. The predicted octanol–water partition coefficient (Wildman–Crippen LogP) is 5.42. The van der Waals surface area contributed by atoms with E-state index in [1.807, 2.05) is 30.5 Å². The van der Waals surface area contributed by atoms with E-state index in [0.29, 0.717) is 12.2 Å². The number of nitrogens with one attached hydrogen (secondary N) is 1. The number of pyridine rings is 1. The van der Waals surface area contributed by atoms with E-state index in [1.54, 1.807) is 0 Å². The lowest BCUT2D eigenvalue weighted by molar-refractivity contribution is 0.337. The lowest BCUT2D eigenvalue weighted by atomic mass is 9.86. The van der Waals surface area contributed by atoms with Crippen LogP contribution in [0.25, 0.3) is 22.5 Å². The number of nitrogens with zero attached hydrogens (tertiary/aromatic N) is 7. The Balaban J connectivity index is 1.42. The summed E-state index contributed by atoms with van der Waals surface area (Å²) >= 11 is 0. The molecular weight excluding hydrogens is 436 g/mol. The van der Waals surface area contributed by atoms with E-state index in [1.165, 1.54) is 38.5 Å². The van der Waals surface area contributed by atoms with Crippen LogP contribution in [-0.4, -0.2) is 40.4 Å². The maximum absolute atomic E-state index is 5.02. The molecule has 1 N–H and O–H groups in total. The third-order valence-electron chi connectivity index (χ3n) is 7.04. The molecule has 182 valence electrons. The Morgan fingerprint density at radius 1 is 1.00 bits per heavy atom. The highest BCUT2D eigenvalue weighted by Crippen LogP contribution is 2.32. The predicted molar refractivity (Wildman–Crippen MR) is 135 cm³/mol. The van der Waals surface area contributed by atoms with Crippen LogP contribution >= 0.6 is 0 Å². The van der Waals surface area contributed by atoms with E-state index in [9.17, 15) is 0 Å². The zero-order chi connectivity index (χ0) is 23.9. The average molecular weight is 471 g/mol. The first-order valence-electron chi connectivity index (χ1n) is 13.0. The second-order valence-electron chi connectivity index (χ2n) is 9.52. The Labute approximate surface area is 206 Å². The van der Waals surface area contributed by atoms with Crippen LogP contribution < -0.4 is 0 Å². The Morgan fingerprint density at radius 3 is 2.63 bits per heavy atom. The number of aromatic amines is 1. The number of hydrogen-bond acceptors (Lipinski definition) is 6. The molecule has 0 saturated heterocycles. The highest BCUT2D eigenvalue weighted by Gasteiger charge is 2.19. The first-order chi connectivity index (χ1) is 17.3. The monoisotopic (exact) mass is 470 g/mol. The third kappa shape index (κ3) is 5.63. The van der Waals surface area contributed by atoms with Crippen molar-refractivity contribution in [1.29, 1.82) is 0 Å². The fourth-order valence-corrected chi connectivity index (χ4v) is 5.12. The number of aromatic nitrogens is 8. The standard InChI is InChI=1S/C27H34N8/c1-2-3-18-35-26(29-25(32-35)16-15-20-10-5-4-6-11-20)19-24-22(14-9-17-28-24)21-12-7-8-13-23(21)27-30-33-34-31-27/h7-9,12-14,17,20H,2-6,10-11,15-16,18-19H2,1H3,(H,30,31,33,34). The summed E-state index contributed by atoms with van der Waals surface area (Å²) in [7, 11) is 0. The van der Waals surface area contributed by atoms with Crippen LogP contribution in [0.2, 0.25) is 0 Å². The van der Waals surface area contributed by atoms with E-state index < -0.39 is 0 Å². The van der Waals surface area contributed by atoms with Crippen molar-refractivity contribution in [2.45, 2.75) is 77.7 Å². The number of tetrazole rings is 1. The molecule has 0 radical (unpaired) electrons. The molecule has 0 aliphatic heterocycles. The molecular formula is C27H34N8. The van der Waals surface area contributed by atoms with E-state index >= 15 is 0 Å². The third-order valence-corrected chi connectivity index (χ3v) is 7.04. The van der Waals surface area contributed by atoms with Crippen molar-refractivity contribution in [3.05, 3.63) is 59.9 Å². The van der Waals surface area contributed by atoms with Gasteiger partial charge in [0.2, 0.25) is 5.82 Å². The molecule has 0 atom stereocenters. The van der Waals surface area contributed by atoms with Crippen molar-refractivity contribution in [2.24, 2.45) is 5.92 Å². The van der Waals surface area contributed by atoms with Gasteiger partial charge in [-0.15, -0.1) is 10.2 Å². The fraction of sp³-hybridized carbons (Fsp3) is 0.481. The summed E-state index contributed by atoms with van der Waals surface area (Å²) in [6, 6.07) is 12.2. The van der Waals surface area contributed by atoms with E-state index in [2.05, 4.69) is 44.4 Å². The van der Waals surface area contributed by atoms with Crippen LogP contribution in [0.4, 0.5) is 0 Å². The minimum absolute atomic E-state index is 0.575. The zero-order valence-electron chi connectivity index (χ0n) is 20.5. The van der Waals surface area contributed by atoms with E-state index in [4.69, 9.17) is 15.1 Å². The lowest BCUT2D eigenvalue weighted by Crippen LogP contribution is -2.08. The number of benzene rings is 1. The zero-order valence-corrected chi connectivity index (χ0v) is 20.5. The van der Waals surface area contributed by atoms with Gasteiger partial charge in [-0.05, 0) is 35.6 Å². The summed E-state index contributed by atoms with van der Waals surface area (Å²) in [5, 5.41) is 19.6. The molecule has 1 aromatic carbocycles. The molecule has 0 spiro atoms. The van der Waals surface area contributed by atoms with Crippen LogP contribution in [-0.2, 0) is 19.4 Å². The number of rotatable bonds is 10. The van der Waals surface area contributed by atoms with Gasteiger partial charge in [-0.25, -0.2) is 9.67 Å². The summed E-state index contributed by atoms with van der Waals surface area (Å²) in [5.74, 6) is 3.38. The normalized spacial score (nSPS) is 14.4. The van der Waals surface area contributed by atoms with Crippen LogP contribution in [0.5, 0.6) is 0 Å². The molecule has 1 fully saturated rings. The van der Waals surface area contributed by atoms with Crippen LogP contribution in [0.1, 0.15) is 75.6 Å². The van der Waals surface area contributed by atoms with Gasteiger partial charge in [0.15, 0.2) is 5.82 Å². The molecule has 4 aromatic rings. The first-order valence-corrected chi connectivity index (χ1v) is 13.0. The molecule has 0 bridgehead atoms. The largest absolute Gasteiger partial charge is 0.260 e. The van der Waals surface area contributed by atoms with Gasteiger partial charge in [-0.2, -0.15) is 10.3 Å². The highest BCUT2D eigenvalue weighted by atomic mass is 15.5. The molecule has 1 aliphatic rings. The molecule has 35 heavy (non-hydrogen) atoms. The second kappa shape index (κ2) is 11.3. The Morgan fingerprint density at radius 2 is 1.83 bits per heavy atom. The summed E-state index contributed by atoms with van der Waals surface area (Å²) in [4.78, 5) is 9.80. The Kier molecular flexibility index (Phi) is 7.56. The average Bonchev–Trinajstić information content (AvgIpc) is 3.58. The van der Waals surface area contributed by atoms with Crippen LogP contribution in [0.3, 0.4) is 0 Å². The highest BCUT2D eigenvalue weighted by molar-refractivity contribution is 5.81. The molecule has 1 aliphatic carbocycles. The lowest BCUT2D eigenvalue weighted by Gasteiger charge is -2.20. The molecule has 8 nitrogen and oxygen atoms in total. The molecule has 5 rings (SSSR count). The van der Waals surface area contributed by atoms with Gasteiger partial charge in [0.1, 0.15) is 5.82 Å². The Bertz CT molecular complexity index is 1210. The van der Waals surface area contributed by atoms with Crippen molar-refractivity contribution in [1.82, 2.24) is 40.4 Å². The van der Waals surface area contributed by atoms with Gasteiger partial charge in [-0.3, -0.25) is 4.98 Å². The molecule has 3 aromatic heterocycles. The van der Waals surface area contributed by atoms with Crippen LogP contribution in [0.15, 0.2) is 42.6 Å². The van der Waals surface area contributed by atoms with E-state index in [-0.39, 0.29) is 0 Å². The summed E-state index contributed by atoms with van der Waals surface area (Å²) in [6.45, 7) is 3.11. The number of unbranched alkanes of at least 4 members (excludes halogenated alkanes) is 1. The minimum atomic E-state index is 0.575. The van der Waals surface area contributed by atoms with Crippen LogP contribution in [0, 0.1) is 5.92 Å². The van der Waals surface area contributed by atoms with Gasteiger partial charge in [0.25, 0.3) is 0 Å². The molecule has 1 saturated carbocycles. The molecule has 3 heterocycles. The summed E-state index contributed by atoms with van der Waals surface area (Å²) < 4.78 is 2.11. The quantitative estimate of drug-likeness (QED) is 0.332. The van der Waals surface area contributed by atoms with Gasteiger partial charge >= 0.3 is 0 Å². The SMILES string of the molecule is CCCCn1nc(CCC2CCCCC2)nc1Cc1ncccc1-c1ccccc1-c1nn[nH]n1. The van der Waals surface area contributed by atoms with Gasteiger partial charge in [-0.1, -0.05) is 75.8 Å². The molecule has 0 unspecified atom stereocenters. The van der Waals surface area contributed by atoms with Gasteiger partial charge in [0, 0.05) is 30.3 Å². The number of hydrogen-bond donors (Lipinski definition) is 1. The van der Waals surface area contributed by atoms with Crippen molar-refractivity contribution in [3.63, 3.8) is 0 Å². The van der Waals surface area contributed by atoms with Gasteiger partial charge < -0.3 is 0 Å². The van der Waals surface area contributed by atoms with Gasteiger partial charge in [0.05, 0.1) is 12.1 Å². The molecule has 0 amide bonds. The number of aryl methyl sites for hydroxylation is 2. The van der Waals surface area contributed by atoms with E-state index in [0.717, 1.165) is 65.8 Å². The Hall–Kier alpha value is -3.42. The topological polar surface area (TPSA) is 98.1 Å². The first kappa shape index (κ1) is 23.3. The summed E-state index contributed by atoms with van der Waals surface area (Å²) in [5.41, 5.74) is 4.00. The maximum atomic E-state index is 5.02. The van der Waals surface area contributed by atoms with Crippen molar-refractivity contribution in [2.75, 3.05) is 0 Å². The molecule has 8 heteroatoms. The second-order valence-corrected chi connectivity index (χ2v) is 9.52.